The van der Waals surface area contributed by atoms with Gasteiger partial charge in [0, 0.05) is 9.40 Å². The van der Waals surface area contributed by atoms with Gasteiger partial charge in [0.2, 0.25) is 0 Å². The standard InChI is InChI=1S/C32H30S2Si/c1-6-35(20(2)3,21(4)5)14-12-26-15-25-17-30-23(19-32(25)34-26)8-10-27-28(30)9-7-22-18-31-24(11-13-33-31)16-29(22)27/h7-11,13,15-21H,6H2,1-5H3. The first-order valence-electron chi connectivity index (χ1n) is 12.6. The highest BCUT2D eigenvalue weighted by molar-refractivity contribution is 7.19. The van der Waals surface area contributed by atoms with Crippen LogP contribution in [-0.2, 0) is 0 Å². The maximum absolute atomic E-state index is 3.86. The van der Waals surface area contributed by atoms with Gasteiger partial charge in [0.25, 0.3) is 0 Å². The molecule has 0 unspecified atom stereocenters. The second-order valence-corrected chi connectivity index (χ2v) is 17.8. The molecule has 2 heterocycles. The molecule has 0 fully saturated rings. The van der Waals surface area contributed by atoms with E-state index < -0.39 is 8.07 Å². The SMILES string of the molecule is CC[Si](C#Cc1cc2cc3c(ccc4c5cc6ccsc6cc5ccc34)cc2s1)(C(C)C)C(C)C. The highest BCUT2D eigenvalue weighted by atomic mass is 32.1. The molecule has 0 N–H and O–H groups in total. The second kappa shape index (κ2) is 8.49. The molecule has 0 bridgehead atoms. The van der Waals surface area contributed by atoms with Crippen LogP contribution in [0.25, 0.3) is 52.5 Å². The predicted octanol–water partition coefficient (Wildman–Crippen LogP) is 10.8. The van der Waals surface area contributed by atoms with Crippen molar-refractivity contribution in [3.8, 4) is 11.5 Å². The van der Waals surface area contributed by atoms with Crippen LogP contribution in [0.5, 0.6) is 0 Å². The van der Waals surface area contributed by atoms with E-state index in [9.17, 15) is 0 Å². The molecule has 0 aliphatic rings. The smallest absolute Gasteiger partial charge is 0.143 e. The molecule has 0 atom stereocenters. The van der Waals surface area contributed by atoms with E-state index in [2.05, 4.69) is 112 Å². The lowest BCUT2D eigenvalue weighted by Gasteiger charge is -2.33. The summed E-state index contributed by atoms with van der Waals surface area (Å²) in [6, 6.07) is 24.4. The quantitative estimate of drug-likeness (QED) is 0.127. The Hall–Kier alpha value is -2.64. The summed E-state index contributed by atoms with van der Waals surface area (Å²) in [5, 5.41) is 12.8. The molecule has 6 aromatic rings. The molecule has 35 heavy (non-hydrogen) atoms. The number of benzene rings is 4. The first kappa shape index (κ1) is 22.8. The average Bonchev–Trinajstić information content (AvgIpc) is 3.46. The molecule has 0 spiro atoms. The largest absolute Gasteiger partial charge is 0.144 e. The van der Waals surface area contributed by atoms with Crippen molar-refractivity contribution in [3.63, 3.8) is 0 Å². The zero-order valence-electron chi connectivity index (χ0n) is 21.0. The molecule has 0 nitrogen and oxygen atoms in total. The van der Waals surface area contributed by atoms with Crippen LogP contribution in [0.4, 0.5) is 0 Å². The number of fused-ring (bicyclic) bond motifs is 7. The van der Waals surface area contributed by atoms with Gasteiger partial charge in [0.05, 0.1) is 4.88 Å². The minimum Gasteiger partial charge on any atom is -0.144 e. The molecule has 2 aromatic heterocycles. The second-order valence-electron chi connectivity index (χ2n) is 10.4. The van der Waals surface area contributed by atoms with Gasteiger partial charge in [0.1, 0.15) is 8.07 Å². The van der Waals surface area contributed by atoms with Crippen LogP contribution in [0.15, 0.2) is 66.0 Å². The Bertz CT molecular complexity index is 1800. The van der Waals surface area contributed by atoms with Crippen LogP contribution >= 0.6 is 22.7 Å². The van der Waals surface area contributed by atoms with E-state index in [1.54, 1.807) is 0 Å². The first-order valence-corrected chi connectivity index (χ1v) is 16.7. The summed E-state index contributed by atoms with van der Waals surface area (Å²) in [5.41, 5.74) is 5.21. The molecule has 0 aliphatic heterocycles. The maximum Gasteiger partial charge on any atom is 0.143 e. The Kier molecular flexibility index (Phi) is 5.53. The number of rotatable bonds is 3. The van der Waals surface area contributed by atoms with Crippen molar-refractivity contribution in [2.24, 2.45) is 0 Å². The van der Waals surface area contributed by atoms with E-state index in [4.69, 9.17) is 0 Å². The molecule has 4 aromatic carbocycles. The lowest BCUT2D eigenvalue weighted by Crippen LogP contribution is -2.39. The summed E-state index contributed by atoms with van der Waals surface area (Å²) >= 11 is 3.66. The highest BCUT2D eigenvalue weighted by Crippen LogP contribution is 2.38. The van der Waals surface area contributed by atoms with Crippen LogP contribution in [-0.4, -0.2) is 8.07 Å². The van der Waals surface area contributed by atoms with Gasteiger partial charge >= 0.3 is 0 Å². The van der Waals surface area contributed by atoms with E-state index in [0.717, 1.165) is 0 Å². The Morgan fingerprint density at radius 1 is 0.686 bits per heavy atom. The monoisotopic (exact) mass is 506 g/mol. The van der Waals surface area contributed by atoms with Gasteiger partial charge < -0.3 is 0 Å². The molecular weight excluding hydrogens is 477 g/mol. The van der Waals surface area contributed by atoms with Crippen LogP contribution < -0.4 is 0 Å². The zero-order valence-corrected chi connectivity index (χ0v) is 23.7. The molecule has 0 saturated carbocycles. The summed E-state index contributed by atoms with van der Waals surface area (Å²) in [6.07, 6.45) is 0. The van der Waals surface area contributed by atoms with Crippen molar-refractivity contribution in [3.05, 3.63) is 70.9 Å². The molecular formula is C32H30S2Si. The van der Waals surface area contributed by atoms with Crippen molar-refractivity contribution < 1.29 is 0 Å². The van der Waals surface area contributed by atoms with Crippen molar-refractivity contribution in [1.29, 1.82) is 0 Å². The van der Waals surface area contributed by atoms with Gasteiger partial charge in [-0.1, -0.05) is 64.8 Å². The number of hydrogen-bond acceptors (Lipinski definition) is 2. The van der Waals surface area contributed by atoms with Gasteiger partial charge in [0.15, 0.2) is 0 Å². The van der Waals surface area contributed by atoms with Crippen LogP contribution in [0.2, 0.25) is 17.1 Å². The Morgan fingerprint density at radius 3 is 1.94 bits per heavy atom. The Morgan fingerprint density at radius 2 is 1.31 bits per heavy atom. The number of hydrogen-bond donors (Lipinski definition) is 0. The lowest BCUT2D eigenvalue weighted by molar-refractivity contribution is 0.900. The van der Waals surface area contributed by atoms with E-state index in [0.29, 0.717) is 11.1 Å². The Balaban J connectivity index is 1.52. The fraction of sp³-hybridized carbons (Fsp3) is 0.250. The molecule has 0 saturated heterocycles. The zero-order chi connectivity index (χ0) is 24.3. The summed E-state index contributed by atoms with van der Waals surface area (Å²) < 4.78 is 2.69. The summed E-state index contributed by atoms with van der Waals surface area (Å²) in [7, 11) is -1.63. The summed E-state index contributed by atoms with van der Waals surface area (Å²) in [5.74, 6) is 3.65. The van der Waals surface area contributed by atoms with Gasteiger partial charge in [-0.25, -0.2) is 0 Å². The number of thiophene rings is 2. The summed E-state index contributed by atoms with van der Waals surface area (Å²) in [6.45, 7) is 11.8. The minimum atomic E-state index is -1.63. The minimum absolute atomic E-state index is 0.675. The van der Waals surface area contributed by atoms with Gasteiger partial charge in [-0.05, 0) is 102 Å². The van der Waals surface area contributed by atoms with Gasteiger partial charge in [-0.3, -0.25) is 0 Å². The average molecular weight is 507 g/mol. The molecule has 174 valence electrons. The van der Waals surface area contributed by atoms with E-state index in [-0.39, 0.29) is 0 Å². The van der Waals surface area contributed by atoms with Crippen molar-refractivity contribution in [1.82, 2.24) is 0 Å². The van der Waals surface area contributed by atoms with E-state index in [1.807, 2.05) is 22.7 Å². The van der Waals surface area contributed by atoms with Crippen molar-refractivity contribution >= 4 is 83.2 Å². The van der Waals surface area contributed by atoms with Crippen molar-refractivity contribution in [2.75, 3.05) is 0 Å². The lowest BCUT2D eigenvalue weighted by atomic mass is 9.96. The van der Waals surface area contributed by atoms with Crippen LogP contribution in [0.1, 0.15) is 39.5 Å². The van der Waals surface area contributed by atoms with Crippen LogP contribution in [0, 0.1) is 11.5 Å². The molecule has 3 heteroatoms. The third kappa shape index (κ3) is 3.62. The van der Waals surface area contributed by atoms with Crippen LogP contribution in [0.3, 0.4) is 0 Å². The van der Waals surface area contributed by atoms with E-state index in [1.165, 1.54) is 63.4 Å². The molecule has 6 rings (SSSR count). The third-order valence-electron chi connectivity index (χ3n) is 8.11. The topological polar surface area (TPSA) is 0 Å². The fourth-order valence-corrected chi connectivity index (χ4v) is 11.9. The maximum atomic E-state index is 3.86. The Labute approximate surface area is 216 Å². The fourth-order valence-electron chi connectivity index (χ4n) is 5.97. The van der Waals surface area contributed by atoms with Crippen molar-refractivity contribution in [2.45, 2.75) is 51.7 Å². The molecule has 0 amide bonds. The predicted molar refractivity (Wildman–Crippen MR) is 163 cm³/mol. The third-order valence-corrected chi connectivity index (χ3v) is 15.9. The summed E-state index contributed by atoms with van der Waals surface area (Å²) in [4.78, 5) is 1.21. The van der Waals surface area contributed by atoms with E-state index >= 15 is 0 Å². The molecule has 0 aliphatic carbocycles. The normalized spacial score (nSPS) is 12.5. The van der Waals surface area contributed by atoms with Gasteiger partial charge in [-0.2, -0.15) is 0 Å². The molecule has 0 radical (unpaired) electrons. The highest BCUT2D eigenvalue weighted by Gasteiger charge is 2.36. The first-order chi connectivity index (χ1) is 16.9. The van der Waals surface area contributed by atoms with Gasteiger partial charge in [-0.15, -0.1) is 28.2 Å².